The molecule has 4 heteroatoms. The van der Waals surface area contributed by atoms with Gasteiger partial charge in [0.2, 0.25) is 0 Å². The maximum atomic E-state index is 10.8. The molecule has 0 bridgehead atoms. The smallest absolute Gasteiger partial charge is 0.407 e. The lowest BCUT2D eigenvalue weighted by Gasteiger charge is -2.32. The standard InChI is InChI=1S/C9H19NO3/c1-5-13-7-6-10(8(11)12)9(2,3)4/h5-7H2,1-4H3,(H,11,12). The Morgan fingerprint density at radius 3 is 2.31 bits per heavy atom. The maximum Gasteiger partial charge on any atom is 0.407 e. The zero-order chi connectivity index (χ0) is 10.5. The fraction of sp³-hybridized carbons (Fsp3) is 0.889. The Hall–Kier alpha value is -0.770. The predicted molar refractivity (Wildman–Crippen MR) is 51.0 cm³/mol. The molecule has 0 atom stereocenters. The maximum absolute atomic E-state index is 10.8. The van der Waals surface area contributed by atoms with Crippen LogP contribution in [0.4, 0.5) is 4.79 Å². The Labute approximate surface area is 79.5 Å². The Morgan fingerprint density at radius 1 is 1.46 bits per heavy atom. The second-order valence-corrected chi connectivity index (χ2v) is 3.80. The van der Waals surface area contributed by atoms with Crippen molar-refractivity contribution in [2.24, 2.45) is 0 Å². The fourth-order valence-corrected chi connectivity index (χ4v) is 1.02. The van der Waals surface area contributed by atoms with Crippen molar-refractivity contribution in [3.63, 3.8) is 0 Å². The molecule has 0 saturated heterocycles. The van der Waals surface area contributed by atoms with Crippen LogP contribution < -0.4 is 0 Å². The van der Waals surface area contributed by atoms with E-state index in [0.29, 0.717) is 19.8 Å². The largest absolute Gasteiger partial charge is 0.465 e. The van der Waals surface area contributed by atoms with Crippen LogP contribution in [0.2, 0.25) is 0 Å². The van der Waals surface area contributed by atoms with E-state index in [1.54, 1.807) is 0 Å². The van der Waals surface area contributed by atoms with Crippen molar-refractivity contribution in [3.05, 3.63) is 0 Å². The minimum atomic E-state index is -0.896. The molecule has 78 valence electrons. The van der Waals surface area contributed by atoms with Crippen LogP contribution in [0, 0.1) is 0 Å². The van der Waals surface area contributed by atoms with Gasteiger partial charge in [0.25, 0.3) is 0 Å². The van der Waals surface area contributed by atoms with Crippen molar-refractivity contribution >= 4 is 6.09 Å². The molecule has 0 fully saturated rings. The minimum absolute atomic E-state index is 0.358. The van der Waals surface area contributed by atoms with Crippen molar-refractivity contribution in [2.75, 3.05) is 19.8 Å². The number of nitrogens with zero attached hydrogens (tertiary/aromatic N) is 1. The molecular formula is C9H19NO3. The first-order chi connectivity index (χ1) is 5.89. The molecule has 0 saturated carbocycles. The van der Waals surface area contributed by atoms with E-state index in [-0.39, 0.29) is 5.54 Å². The summed E-state index contributed by atoms with van der Waals surface area (Å²) < 4.78 is 5.10. The predicted octanol–water partition coefficient (Wildman–Crippen LogP) is 1.80. The Kier molecular flexibility index (Phi) is 4.77. The first-order valence-corrected chi connectivity index (χ1v) is 4.48. The highest BCUT2D eigenvalue weighted by Gasteiger charge is 2.25. The highest BCUT2D eigenvalue weighted by atomic mass is 16.5. The molecular weight excluding hydrogens is 170 g/mol. The number of amides is 1. The minimum Gasteiger partial charge on any atom is -0.465 e. The van der Waals surface area contributed by atoms with Gasteiger partial charge >= 0.3 is 6.09 Å². The van der Waals surface area contributed by atoms with Crippen molar-refractivity contribution in [3.8, 4) is 0 Å². The topological polar surface area (TPSA) is 49.8 Å². The van der Waals surface area contributed by atoms with Gasteiger partial charge < -0.3 is 14.7 Å². The number of ether oxygens (including phenoxy) is 1. The van der Waals surface area contributed by atoms with E-state index in [1.165, 1.54) is 4.90 Å². The van der Waals surface area contributed by atoms with Gasteiger partial charge in [-0.3, -0.25) is 0 Å². The van der Waals surface area contributed by atoms with Crippen molar-refractivity contribution in [1.82, 2.24) is 4.90 Å². The Morgan fingerprint density at radius 2 is 2.00 bits per heavy atom. The Balaban J connectivity index is 4.04. The molecule has 0 radical (unpaired) electrons. The number of carboxylic acid groups (broad SMARTS) is 1. The van der Waals surface area contributed by atoms with E-state index >= 15 is 0 Å². The SMILES string of the molecule is CCOCCN(C(=O)O)C(C)(C)C. The average molecular weight is 189 g/mol. The number of carbonyl (C=O) groups is 1. The van der Waals surface area contributed by atoms with Gasteiger partial charge in [-0.1, -0.05) is 0 Å². The zero-order valence-corrected chi connectivity index (χ0v) is 8.83. The molecule has 0 unspecified atom stereocenters. The fourth-order valence-electron chi connectivity index (χ4n) is 1.02. The van der Waals surface area contributed by atoms with Gasteiger partial charge in [0, 0.05) is 18.7 Å². The van der Waals surface area contributed by atoms with E-state index in [0.717, 1.165) is 0 Å². The van der Waals surface area contributed by atoms with Crippen LogP contribution in [-0.4, -0.2) is 41.4 Å². The lowest BCUT2D eigenvalue weighted by atomic mass is 10.1. The molecule has 1 N–H and O–H groups in total. The van der Waals surface area contributed by atoms with Crippen LogP contribution in [0.15, 0.2) is 0 Å². The summed E-state index contributed by atoms with van der Waals surface area (Å²) in [6.07, 6.45) is -0.896. The third-order valence-electron chi connectivity index (χ3n) is 1.70. The van der Waals surface area contributed by atoms with Gasteiger partial charge in [0.05, 0.1) is 6.61 Å². The van der Waals surface area contributed by atoms with E-state index in [2.05, 4.69) is 0 Å². The first-order valence-electron chi connectivity index (χ1n) is 4.48. The molecule has 0 spiro atoms. The van der Waals surface area contributed by atoms with Crippen LogP contribution in [0.1, 0.15) is 27.7 Å². The van der Waals surface area contributed by atoms with Gasteiger partial charge in [-0.05, 0) is 27.7 Å². The van der Waals surface area contributed by atoms with Crippen LogP contribution >= 0.6 is 0 Å². The van der Waals surface area contributed by atoms with Crippen LogP contribution in [-0.2, 0) is 4.74 Å². The van der Waals surface area contributed by atoms with Crippen LogP contribution in [0.5, 0.6) is 0 Å². The molecule has 0 aliphatic heterocycles. The van der Waals surface area contributed by atoms with Gasteiger partial charge in [-0.2, -0.15) is 0 Å². The van der Waals surface area contributed by atoms with E-state index in [9.17, 15) is 4.79 Å². The molecule has 0 rings (SSSR count). The number of rotatable bonds is 4. The third-order valence-corrected chi connectivity index (χ3v) is 1.70. The summed E-state index contributed by atoms with van der Waals surface area (Å²) in [4.78, 5) is 12.2. The van der Waals surface area contributed by atoms with Crippen molar-refractivity contribution < 1.29 is 14.6 Å². The summed E-state index contributed by atoms with van der Waals surface area (Å²) >= 11 is 0. The molecule has 0 heterocycles. The molecule has 0 aromatic rings. The average Bonchev–Trinajstić information content (AvgIpc) is 1.94. The lowest BCUT2D eigenvalue weighted by molar-refractivity contribution is 0.0648. The molecule has 0 aliphatic carbocycles. The number of hydrogen-bond acceptors (Lipinski definition) is 2. The second kappa shape index (κ2) is 5.07. The highest BCUT2D eigenvalue weighted by molar-refractivity contribution is 5.65. The summed E-state index contributed by atoms with van der Waals surface area (Å²) in [7, 11) is 0. The van der Waals surface area contributed by atoms with Crippen LogP contribution in [0.25, 0.3) is 0 Å². The zero-order valence-electron chi connectivity index (χ0n) is 8.83. The van der Waals surface area contributed by atoms with Crippen molar-refractivity contribution in [1.29, 1.82) is 0 Å². The van der Waals surface area contributed by atoms with Gasteiger partial charge in [0.1, 0.15) is 0 Å². The summed E-state index contributed by atoms with van der Waals surface area (Å²) in [5.74, 6) is 0. The summed E-state index contributed by atoms with van der Waals surface area (Å²) in [6, 6.07) is 0. The Bertz CT molecular complexity index is 163. The second-order valence-electron chi connectivity index (χ2n) is 3.80. The third kappa shape index (κ3) is 4.72. The summed E-state index contributed by atoms with van der Waals surface area (Å²) in [6.45, 7) is 9.00. The first kappa shape index (κ1) is 12.2. The van der Waals surface area contributed by atoms with Crippen LogP contribution in [0.3, 0.4) is 0 Å². The highest BCUT2D eigenvalue weighted by Crippen LogP contribution is 2.12. The molecule has 0 aromatic heterocycles. The molecule has 1 amide bonds. The summed E-state index contributed by atoms with van der Waals surface area (Å²) in [5, 5.41) is 8.88. The van der Waals surface area contributed by atoms with Gasteiger partial charge in [-0.15, -0.1) is 0 Å². The van der Waals surface area contributed by atoms with E-state index in [4.69, 9.17) is 9.84 Å². The van der Waals surface area contributed by atoms with E-state index < -0.39 is 6.09 Å². The van der Waals surface area contributed by atoms with E-state index in [1.807, 2.05) is 27.7 Å². The molecule has 0 aliphatic rings. The molecule has 4 nitrogen and oxygen atoms in total. The summed E-state index contributed by atoms with van der Waals surface area (Å²) in [5.41, 5.74) is -0.358. The van der Waals surface area contributed by atoms with Crippen molar-refractivity contribution in [2.45, 2.75) is 33.2 Å². The lowest BCUT2D eigenvalue weighted by Crippen LogP contribution is -2.46. The normalized spacial score (nSPS) is 11.4. The molecule has 13 heavy (non-hydrogen) atoms. The monoisotopic (exact) mass is 189 g/mol. The van der Waals surface area contributed by atoms with Gasteiger partial charge in [0.15, 0.2) is 0 Å². The number of hydrogen-bond donors (Lipinski definition) is 1. The van der Waals surface area contributed by atoms with Gasteiger partial charge in [-0.25, -0.2) is 4.79 Å². The quantitative estimate of drug-likeness (QED) is 0.686. The molecule has 0 aromatic carbocycles.